The van der Waals surface area contributed by atoms with Crippen molar-refractivity contribution in [3.63, 3.8) is 0 Å². The molecule has 0 spiro atoms. The van der Waals surface area contributed by atoms with E-state index in [-0.39, 0.29) is 36.8 Å². The fourth-order valence-corrected chi connectivity index (χ4v) is 3.83. The zero-order valence-electron chi connectivity index (χ0n) is 11.8. The monoisotopic (exact) mass is 293 g/mol. The summed E-state index contributed by atoms with van der Waals surface area (Å²) in [6.07, 6.45) is 3.35. The molecule has 1 aromatic carbocycles. The van der Waals surface area contributed by atoms with Crippen molar-refractivity contribution in [1.29, 1.82) is 0 Å². The van der Waals surface area contributed by atoms with Gasteiger partial charge in [-0.05, 0) is 43.2 Å². The van der Waals surface area contributed by atoms with Crippen LogP contribution in [0.25, 0.3) is 0 Å². The molecule has 0 heterocycles. The maximum absolute atomic E-state index is 13.4. The van der Waals surface area contributed by atoms with Crippen LogP contribution in [0.5, 0.6) is 5.75 Å². The fourth-order valence-electron chi connectivity index (χ4n) is 3.83. The number of carbonyl (C=O) groups is 1. The van der Waals surface area contributed by atoms with Crippen LogP contribution in [0.2, 0.25) is 0 Å². The molecule has 5 heteroatoms. The first kappa shape index (κ1) is 14.3. The number of fused-ring (bicyclic) bond motifs is 2. The van der Waals surface area contributed by atoms with Crippen molar-refractivity contribution in [3.05, 3.63) is 30.1 Å². The van der Waals surface area contributed by atoms with Gasteiger partial charge in [0.1, 0.15) is 0 Å². The summed E-state index contributed by atoms with van der Waals surface area (Å²) >= 11 is 0. The molecule has 2 aliphatic carbocycles. The van der Waals surface area contributed by atoms with Gasteiger partial charge in [0.25, 0.3) is 5.91 Å². The summed E-state index contributed by atoms with van der Waals surface area (Å²) in [4.78, 5) is 12.0. The van der Waals surface area contributed by atoms with E-state index in [1.165, 1.54) is 12.1 Å². The Morgan fingerprint density at radius 1 is 1.33 bits per heavy atom. The van der Waals surface area contributed by atoms with E-state index < -0.39 is 5.82 Å². The molecule has 2 fully saturated rings. The third kappa shape index (κ3) is 2.88. The number of rotatable bonds is 5. The minimum atomic E-state index is -0.474. The minimum Gasteiger partial charge on any atom is -0.481 e. The first-order valence-corrected chi connectivity index (χ1v) is 7.46. The first-order valence-electron chi connectivity index (χ1n) is 7.46. The third-order valence-corrected chi connectivity index (χ3v) is 4.82. The molecular weight excluding hydrogens is 273 g/mol. The lowest BCUT2D eigenvalue weighted by atomic mass is 9.85. The predicted molar refractivity (Wildman–Crippen MR) is 75.2 cm³/mol. The number of aliphatic hydroxyl groups is 1. The van der Waals surface area contributed by atoms with Crippen LogP contribution in [0.4, 0.5) is 4.39 Å². The van der Waals surface area contributed by atoms with E-state index in [1.807, 2.05) is 0 Å². The van der Waals surface area contributed by atoms with E-state index in [0.29, 0.717) is 11.8 Å². The lowest BCUT2D eigenvalue weighted by Gasteiger charge is -2.30. The van der Waals surface area contributed by atoms with Crippen molar-refractivity contribution in [1.82, 2.24) is 5.32 Å². The van der Waals surface area contributed by atoms with Gasteiger partial charge >= 0.3 is 0 Å². The maximum atomic E-state index is 13.4. The molecule has 2 N–H and O–H groups in total. The number of hydrogen-bond acceptors (Lipinski definition) is 3. The van der Waals surface area contributed by atoms with Crippen LogP contribution in [0.15, 0.2) is 24.3 Å². The largest absolute Gasteiger partial charge is 0.481 e. The van der Waals surface area contributed by atoms with Gasteiger partial charge in [0.15, 0.2) is 18.2 Å². The molecule has 3 rings (SSSR count). The van der Waals surface area contributed by atoms with Gasteiger partial charge in [0.2, 0.25) is 0 Å². The highest BCUT2D eigenvalue weighted by atomic mass is 19.1. The highest BCUT2D eigenvalue weighted by Crippen LogP contribution is 2.48. The topological polar surface area (TPSA) is 58.6 Å². The second-order valence-electron chi connectivity index (χ2n) is 5.99. The molecule has 0 aromatic heterocycles. The molecule has 21 heavy (non-hydrogen) atoms. The van der Waals surface area contributed by atoms with Crippen molar-refractivity contribution in [2.24, 2.45) is 17.8 Å². The molecule has 1 amide bonds. The molecule has 2 aliphatic rings. The van der Waals surface area contributed by atoms with Gasteiger partial charge in [0, 0.05) is 18.6 Å². The molecule has 0 saturated heterocycles. The lowest BCUT2D eigenvalue weighted by molar-refractivity contribution is -0.124. The van der Waals surface area contributed by atoms with E-state index in [4.69, 9.17) is 4.74 Å². The molecule has 2 bridgehead atoms. The summed E-state index contributed by atoms with van der Waals surface area (Å²) in [6, 6.07) is 6.06. The van der Waals surface area contributed by atoms with E-state index in [1.54, 1.807) is 12.1 Å². The van der Waals surface area contributed by atoms with Crippen LogP contribution in [-0.4, -0.2) is 30.3 Å². The van der Waals surface area contributed by atoms with Gasteiger partial charge in [-0.25, -0.2) is 4.39 Å². The van der Waals surface area contributed by atoms with Gasteiger partial charge in [0.05, 0.1) is 0 Å². The van der Waals surface area contributed by atoms with Gasteiger partial charge in [-0.1, -0.05) is 12.1 Å². The highest BCUT2D eigenvalue weighted by Gasteiger charge is 2.47. The standard InChI is InChI=1S/C16H20FNO3/c17-13-3-1-2-4-14(13)21-9-15(20)18-16-11-6-5-10(7-11)12(16)8-19/h1-4,10-12,16,19H,5-9H2,(H,18,20). The van der Waals surface area contributed by atoms with Gasteiger partial charge in [-0.2, -0.15) is 0 Å². The molecule has 2 saturated carbocycles. The number of ether oxygens (including phenoxy) is 1. The summed E-state index contributed by atoms with van der Waals surface area (Å²) in [7, 11) is 0. The molecule has 4 nitrogen and oxygen atoms in total. The number of carbonyl (C=O) groups excluding carboxylic acids is 1. The number of amides is 1. The molecule has 4 unspecified atom stereocenters. The Balaban J connectivity index is 1.54. The first-order chi connectivity index (χ1) is 10.2. The van der Waals surface area contributed by atoms with Crippen LogP contribution in [-0.2, 0) is 4.79 Å². The van der Waals surface area contributed by atoms with Gasteiger partial charge in [-0.3, -0.25) is 4.79 Å². The van der Waals surface area contributed by atoms with Gasteiger partial charge < -0.3 is 15.2 Å². The fraction of sp³-hybridized carbons (Fsp3) is 0.562. The number of nitrogens with one attached hydrogen (secondary N) is 1. The Bertz CT molecular complexity index is 522. The van der Waals surface area contributed by atoms with Crippen molar-refractivity contribution >= 4 is 5.91 Å². The van der Waals surface area contributed by atoms with Gasteiger partial charge in [-0.15, -0.1) is 0 Å². The van der Waals surface area contributed by atoms with Crippen LogP contribution in [0.1, 0.15) is 19.3 Å². The molecular formula is C16H20FNO3. The summed E-state index contributed by atoms with van der Waals surface area (Å²) in [5.74, 6) is 0.496. The van der Waals surface area contributed by atoms with E-state index in [2.05, 4.69) is 5.32 Å². The number of benzene rings is 1. The Hall–Kier alpha value is -1.62. The summed E-state index contributed by atoms with van der Waals surface area (Å²) in [5.41, 5.74) is 0. The minimum absolute atomic E-state index is 0.0328. The molecule has 0 aliphatic heterocycles. The Labute approximate surface area is 123 Å². The predicted octanol–water partition coefficient (Wildman–Crippen LogP) is 1.73. The molecule has 1 aromatic rings. The van der Waals surface area contributed by atoms with Crippen LogP contribution in [0.3, 0.4) is 0 Å². The number of para-hydroxylation sites is 1. The number of aliphatic hydroxyl groups excluding tert-OH is 1. The Kier molecular flexibility index (Phi) is 4.10. The Morgan fingerprint density at radius 2 is 2.10 bits per heavy atom. The zero-order valence-corrected chi connectivity index (χ0v) is 11.8. The van der Waals surface area contributed by atoms with Crippen LogP contribution < -0.4 is 10.1 Å². The van der Waals surface area contributed by atoms with Crippen molar-refractivity contribution < 1.29 is 19.0 Å². The van der Waals surface area contributed by atoms with Crippen molar-refractivity contribution in [2.45, 2.75) is 25.3 Å². The van der Waals surface area contributed by atoms with Crippen LogP contribution >= 0.6 is 0 Å². The normalized spacial score (nSPS) is 30.4. The zero-order chi connectivity index (χ0) is 14.8. The second kappa shape index (κ2) is 6.02. The van der Waals surface area contributed by atoms with E-state index >= 15 is 0 Å². The summed E-state index contributed by atoms with van der Waals surface area (Å²) in [5, 5.41) is 12.4. The Morgan fingerprint density at radius 3 is 2.86 bits per heavy atom. The smallest absolute Gasteiger partial charge is 0.258 e. The summed E-state index contributed by atoms with van der Waals surface area (Å²) < 4.78 is 18.6. The average Bonchev–Trinajstić information content (AvgIpc) is 3.07. The number of halogens is 1. The van der Waals surface area contributed by atoms with E-state index in [9.17, 15) is 14.3 Å². The lowest BCUT2D eigenvalue weighted by Crippen LogP contribution is -2.46. The van der Waals surface area contributed by atoms with Crippen molar-refractivity contribution in [3.8, 4) is 5.75 Å². The summed E-state index contributed by atoms with van der Waals surface area (Å²) in [6.45, 7) is -0.0900. The third-order valence-electron chi connectivity index (χ3n) is 4.82. The molecule has 114 valence electrons. The SMILES string of the molecule is O=C(COc1ccccc1F)NC1C2CCC(C2)C1CO. The molecule has 0 radical (unpaired) electrons. The van der Waals surface area contributed by atoms with Crippen molar-refractivity contribution in [2.75, 3.05) is 13.2 Å². The average molecular weight is 293 g/mol. The molecule has 4 atom stereocenters. The highest BCUT2D eigenvalue weighted by molar-refractivity contribution is 5.78. The number of hydrogen-bond donors (Lipinski definition) is 2. The van der Waals surface area contributed by atoms with Crippen LogP contribution in [0, 0.1) is 23.6 Å². The second-order valence-corrected chi connectivity index (χ2v) is 5.99. The quantitative estimate of drug-likeness (QED) is 0.869. The van der Waals surface area contributed by atoms with E-state index in [0.717, 1.165) is 19.3 Å². The maximum Gasteiger partial charge on any atom is 0.258 e.